The summed E-state index contributed by atoms with van der Waals surface area (Å²) < 4.78 is 37.7. The molecule has 1 aromatic rings. The van der Waals surface area contributed by atoms with Gasteiger partial charge in [-0.25, -0.2) is 9.78 Å². The third-order valence-corrected chi connectivity index (χ3v) is 3.43. The number of piperidine rings is 1. The normalized spacial score (nSPS) is 17.2. The lowest BCUT2D eigenvalue weighted by molar-refractivity contribution is -0.179. The highest BCUT2D eigenvalue weighted by Crippen LogP contribution is 2.35. The van der Waals surface area contributed by atoms with Crippen LogP contribution in [0.1, 0.15) is 23.2 Å². The molecule has 0 unspecified atom stereocenters. The fourth-order valence-corrected chi connectivity index (χ4v) is 2.25. The Balaban J connectivity index is 2.11. The number of aromatic nitrogens is 1. The molecule has 0 radical (unpaired) electrons. The molecule has 110 valence electrons. The Morgan fingerprint density at radius 1 is 1.40 bits per heavy atom. The van der Waals surface area contributed by atoms with Crippen LogP contribution < -0.4 is 10.6 Å². The van der Waals surface area contributed by atoms with Gasteiger partial charge in [-0.3, -0.25) is 0 Å². The average molecular weight is 289 g/mol. The Morgan fingerprint density at radius 2 is 2.00 bits per heavy atom. The number of carboxylic acid groups (broad SMARTS) is 1. The van der Waals surface area contributed by atoms with Gasteiger partial charge in [-0.1, -0.05) is 0 Å². The van der Waals surface area contributed by atoms with Gasteiger partial charge in [-0.05, 0) is 18.9 Å². The topological polar surface area (TPSA) is 79.5 Å². The van der Waals surface area contributed by atoms with Crippen LogP contribution in [0.2, 0.25) is 0 Å². The molecule has 1 saturated heterocycles. The van der Waals surface area contributed by atoms with E-state index in [1.165, 1.54) is 12.3 Å². The maximum Gasteiger partial charge on any atom is 0.391 e. The Hall–Kier alpha value is -1.99. The molecule has 20 heavy (non-hydrogen) atoms. The summed E-state index contributed by atoms with van der Waals surface area (Å²) in [5.41, 5.74) is 5.43. The zero-order valence-electron chi connectivity index (χ0n) is 10.5. The largest absolute Gasteiger partial charge is 0.478 e. The van der Waals surface area contributed by atoms with E-state index in [0.717, 1.165) is 0 Å². The van der Waals surface area contributed by atoms with E-state index >= 15 is 0 Å². The minimum absolute atomic E-state index is 0.0159. The number of nitrogens with two attached hydrogens (primary N) is 1. The van der Waals surface area contributed by atoms with Gasteiger partial charge in [0.1, 0.15) is 5.82 Å². The van der Waals surface area contributed by atoms with Crippen LogP contribution in [-0.2, 0) is 0 Å². The zero-order chi connectivity index (χ0) is 14.9. The van der Waals surface area contributed by atoms with Gasteiger partial charge in [-0.2, -0.15) is 13.2 Å². The van der Waals surface area contributed by atoms with Crippen molar-refractivity contribution in [2.75, 3.05) is 23.7 Å². The number of nitrogens with zero attached hydrogens (tertiary/aromatic N) is 2. The molecule has 1 aliphatic rings. The lowest BCUT2D eigenvalue weighted by Crippen LogP contribution is -2.39. The molecule has 0 aliphatic carbocycles. The van der Waals surface area contributed by atoms with Gasteiger partial charge in [0.05, 0.1) is 23.4 Å². The number of halogens is 3. The summed E-state index contributed by atoms with van der Waals surface area (Å²) >= 11 is 0. The van der Waals surface area contributed by atoms with E-state index in [-0.39, 0.29) is 37.2 Å². The summed E-state index contributed by atoms with van der Waals surface area (Å²) in [6.07, 6.45) is -2.99. The van der Waals surface area contributed by atoms with Crippen LogP contribution in [0, 0.1) is 5.92 Å². The number of hydrogen-bond acceptors (Lipinski definition) is 4. The molecule has 1 aromatic heterocycles. The summed E-state index contributed by atoms with van der Waals surface area (Å²) in [5.74, 6) is -2.14. The van der Waals surface area contributed by atoms with Crippen LogP contribution in [0.25, 0.3) is 0 Å². The molecular weight excluding hydrogens is 275 g/mol. The van der Waals surface area contributed by atoms with Gasteiger partial charge in [0.2, 0.25) is 0 Å². The van der Waals surface area contributed by atoms with Crippen LogP contribution in [0.4, 0.5) is 24.7 Å². The summed E-state index contributed by atoms with van der Waals surface area (Å²) in [6, 6.07) is 1.30. The molecular formula is C12H14F3N3O2. The fourth-order valence-electron chi connectivity index (χ4n) is 2.25. The SMILES string of the molecule is Nc1cnc(N2CCC(C(F)(F)F)CC2)cc1C(=O)O. The minimum atomic E-state index is -4.17. The number of rotatable bonds is 2. The van der Waals surface area contributed by atoms with Crippen molar-refractivity contribution in [3.05, 3.63) is 17.8 Å². The first-order chi connectivity index (χ1) is 9.29. The van der Waals surface area contributed by atoms with Crippen molar-refractivity contribution in [2.24, 2.45) is 5.92 Å². The molecule has 0 saturated carbocycles. The molecule has 3 N–H and O–H groups in total. The predicted octanol–water partition coefficient (Wildman–Crippen LogP) is 2.14. The van der Waals surface area contributed by atoms with Crippen LogP contribution in [0.3, 0.4) is 0 Å². The van der Waals surface area contributed by atoms with Crippen molar-refractivity contribution >= 4 is 17.5 Å². The zero-order valence-corrected chi connectivity index (χ0v) is 10.5. The number of pyridine rings is 1. The monoisotopic (exact) mass is 289 g/mol. The van der Waals surface area contributed by atoms with E-state index in [4.69, 9.17) is 10.8 Å². The van der Waals surface area contributed by atoms with Crippen molar-refractivity contribution in [2.45, 2.75) is 19.0 Å². The van der Waals surface area contributed by atoms with Gasteiger partial charge < -0.3 is 15.7 Å². The fraction of sp³-hybridized carbons (Fsp3) is 0.500. The lowest BCUT2D eigenvalue weighted by atomic mass is 9.96. The molecule has 0 amide bonds. The highest BCUT2D eigenvalue weighted by Gasteiger charge is 2.41. The second-order valence-electron chi connectivity index (χ2n) is 4.74. The first kappa shape index (κ1) is 14.4. The van der Waals surface area contributed by atoms with E-state index in [1.807, 2.05) is 0 Å². The Labute approximate surface area is 113 Å². The Morgan fingerprint density at radius 3 is 2.50 bits per heavy atom. The standard InChI is InChI=1S/C12H14F3N3O2/c13-12(14,15)7-1-3-18(4-2-7)10-5-8(11(19)20)9(16)6-17-10/h5-7H,1-4,16H2,(H,19,20). The molecule has 0 aromatic carbocycles. The average Bonchev–Trinajstić information content (AvgIpc) is 2.38. The van der Waals surface area contributed by atoms with Crippen molar-refractivity contribution in [1.29, 1.82) is 0 Å². The molecule has 0 atom stereocenters. The van der Waals surface area contributed by atoms with E-state index in [2.05, 4.69) is 4.98 Å². The van der Waals surface area contributed by atoms with E-state index in [0.29, 0.717) is 5.82 Å². The van der Waals surface area contributed by atoms with Gasteiger partial charge in [0.15, 0.2) is 0 Å². The number of nitrogen functional groups attached to an aromatic ring is 1. The van der Waals surface area contributed by atoms with Gasteiger partial charge >= 0.3 is 12.1 Å². The number of alkyl halides is 3. The van der Waals surface area contributed by atoms with E-state index in [9.17, 15) is 18.0 Å². The van der Waals surface area contributed by atoms with Crippen LogP contribution >= 0.6 is 0 Å². The predicted molar refractivity (Wildman–Crippen MR) is 66.6 cm³/mol. The number of carboxylic acids is 1. The number of aromatic carboxylic acids is 1. The molecule has 1 fully saturated rings. The third kappa shape index (κ3) is 2.94. The number of anilines is 2. The summed E-state index contributed by atoms with van der Waals surface area (Å²) in [6.45, 7) is 0.389. The second-order valence-corrected chi connectivity index (χ2v) is 4.74. The molecule has 8 heteroatoms. The molecule has 2 heterocycles. The quantitative estimate of drug-likeness (QED) is 0.872. The highest BCUT2D eigenvalue weighted by atomic mass is 19.4. The smallest absolute Gasteiger partial charge is 0.391 e. The maximum absolute atomic E-state index is 12.6. The van der Waals surface area contributed by atoms with Crippen molar-refractivity contribution in [3.63, 3.8) is 0 Å². The summed E-state index contributed by atoms with van der Waals surface area (Å²) in [4.78, 5) is 16.6. The molecule has 5 nitrogen and oxygen atoms in total. The van der Waals surface area contributed by atoms with E-state index < -0.39 is 18.1 Å². The molecule has 0 spiro atoms. The number of hydrogen-bond donors (Lipinski definition) is 2. The minimum Gasteiger partial charge on any atom is -0.478 e. The number of carbonyl (C=O) groups is 1. The van der Waals surface area contributed by atoms with Crippen LogP contribution in [0.5, 0.6) is 0 Å². The lowest BCUT2D eigenvalue weighted by Gasteiger charge is -2.33. The highest BCUT2D eigenvalue weighted by molar-refractivity contribution is 5.94. The van der Waals surface area contributed by atoms with Gasteiger partial charge in [0, 0.05) is 13.1 Å². The van der Waals surface area contributed by atoms with Crippen molar-refractivity contribution in [3.8, 4) is 0 Å². The Bertz CT molecular complexity index is 511. The third-order valence-electron chi connectivity index (χ3n) is 3.43. The van der Waals surface area contributed by atoms with Gasteiger partial charge in [0.25, 0.3) is 0 Å². The molecule has 1 aliphatic heterocycles. The van der Waals surface area contributed by atoms with E-state index in [1.54, 1.807) is 4.90 Å². The molecule has 2 rings (SSSR count). The van der Waals surface area contributed by atoms with Crippen LogP contribution in [0.15, 0.2) is 12.3 Å². The van der Waals surface area contributed by atoms with Crippen molar-refractivity contribution in [1.82, 2.24) is 4.98 Å². The van der Waals surface area contributed by atoms with Crippen molar-refractivity contribution < 1.29 is 23.1 Å². The first-order valence-corrected chi connectivity index (χ1v) is 6.09. The summed E-state index contributed by atoms with van der Waals surface area (Å²) in [7, 11) is 0. The van der Waals surface area contributed by atoms with Crippen LogP contribution in [-0.4, -0.2) is 35.3 Å². The second kappa shape index (κ2) is 5.18. The van der Waals surface area contributed by atoms with Gasteiger partial charge in [-0.15, -0.1) is 0 Å². The Kier molecular flexibility index (Phi) is 3.74. The first-order valence-electron chi connectivity index (χ1n) is 6.09. The summed E-state index contributed by atoms with van der Waals surface area (Å²) in [5, 5.41) is 8.96. The maximum atomic E-state index is 12.6. The molecule has 0 bridgehead atoms.